The summed E-state index contributed by atoms with van der Waals surface area (Å²) < 4.78 is 63.5. The molecular weight excluding hydrogens is 526 g/mol. The molecule has 1 fully saturated rings. The van der Waals surface area contributed by atoms with Gasteiger partial charge in [-0.15, -0.1) is 0 Å². The van der Waals surface area contributed by atoms with Crippen LogP contribution in [-0.2, 0) is 20.8 Å². The van der Waals surface area contributed by atoms with Gasteiger partial charge < -0.3 is 20.1 Å². The first-order chi connectivity index (χ1) is 17.2. The molecule has 38 heavy (non-hydrogen) atoms. The van der Waals surface area contributed by atoms with Crippen molar-refractivity contribution in [1.29, 1.82) is 0 Å². The number of rotatable bonds is 2. The van der Waals surface area contributed by atoms with Gasteiger partial charge in [0.15, 0.2) is 0 Å². The summed E-state index contributed by atoms with van der Waals surface area (Å²) in [5, 5.41) is 14.2. The summed E-state index contributed by atoms with van der Waals surface area (Å²) >= 11 is 0. The predicted octanol–water partition coefficient (Wildman–Crippen LogP) is 4.23. The summed E-state index contributed by atoms with van der Waals surface area (Å²) in [4.78, 5) is 45.4. The molecule has 210 valence electrons. The van der Waals surface area contributed by atoms with Crippen LogP contribution in [0.2, 0.25) is 0 Å². The second kappa shape index (κ2) is 10.6. The number of amides is 1. The molecule has 3 heterocycles. The van der Waals surface area contributed by atoms with Crippen molar-refractivity contribution in [3.05, 3.63) is 47.8 Å². The van der Waals surface area contributed by atoms with Crippen molar-refractivity contribution in [2.24, 2.45) is 16.7 Å². The average molecular weight is 552 g/mol. The number of imidazole rings is 1. The topological polar surface area (TPSA) is 136 Å². The first-order valence-corrected chi connectivity index (χ1v) is 11.1. The Hall–Kier alpha value is -3.65. The number of alkyl halides is 6. The number of aliphatic carboxylic acids is 2. The highest BCUT2D eigenvalue weighted by atomic mass is 19.4. The van der Waals surface area contributed by atoms with Crippen molar-refractivity contribution >= 4 is 17.8 Å². The van der Waals surface area contributed by atoms with Crippen LogP contribution in [0.4, 0.5) is 26.3 Å². The van der Waals surface area contributed by atoms with Crippen molar-refractivity contribution in [1.82, 2.24) is 19.9 Å². The zero-order chi connectivity index (χ0) is 29.3. The van der Waals surface area contributed by atoms with Gasteiger partial charge >= 0.3 is 24.3 Å². The summed E-state index contributed by atoms with van der Waals surface area (Å²) in [6.07, 6.45) is -5.85. The Balaban J connectivity index is 0.000000301. The van der Waals surface area contributed by atoms with E-state index in [0.717, 1.165) is 23.5 Å². The third-order valence-corrected chi connectivity index (χ3v) is 6.93. The van der Waals surface area contributed by atoms with Crippen LogP contribution in [-0.4, -0.2) is 66.8 Å². The molecular formula is C23H26F6N4O5. The van der Waals surface area contributed by atoms with Crippen molar-refractivity contribution in [3.63, 3.8) is 0 Å². The smallest absolute Gasteiger partial charge is 0.475 e. The summed E-state index contributed by atoms with van der Waals surface area (Å²) in [7, 11) is 0. The number of hydrogen-bond acceptors (Lipinski definition) is 5. The Morgan fingerprint density at radius 2 is 1.45 bits per heavy atom. The van der Waals surface area contributed by atoms with Crippen molar-refractivity contribution < 1.29 is 50.9 Å². The van der Waals surface area contributed by atoms with E-state index in [4.69, 9.17) is 19.8 Å². The average Bonchev–Trinajstić information content (AvgIpc) is 3.10. The Bertz CT molecular complexity index is 1120. The molecule has 4 rings (SSSR count). The SMILES string of the molecule is CC1(C)C(C(=O)N2CCc3[nH]cnc3C2c2ccccn2)C1(C)C.O=C(O)C(F)(F)F.O=C(O)C(F)(F)F. The molecule has 1 unspecified atom stereocenters. The summed E-state index contributed by atoms with van der Waals surface area (Å²) in [5.74, 6) is -5.23. The van der Waals surface area contributed by atoms with Crippen LogP contribution in [0.3, 0.4) is 0 Å². The van der Waals surface area contributed by atoms with Gasteiger partial charge in [-0.3, -0.25) is 9.78 Å². The number of hydrogen-bond donors (Lipinski definition) is 3. The van der Waals surface area contributed by atoms with E-state index in [1.165, 1.54) is 0 Å². The van der Waals surface area contributed by atoms with Gasteiger partial charge in [0, 0.05) is 30.8 Å². The van der Waals surface area contributed by atoms with Crippen molar-refractivity contribution in [2.75, 3.05) is 6.54 Å². The van der Waals surface area contributed by atoms with Gasteiger partial charge in [-0.1, -0.05) is 33.8 Å². The maximum atomic E-state index is 13.4. The fourth-order valence-corrected chi connectivity index (χ4v) is 4.33. The normalized spacial score (nSPS) is 19.6. The molecule has 0 spiro atoms. The van der Waals surface area contributed by atoms with Gasteiger partial charge in [0.25, 0.3) is 0 Å². The number of carbonyl (C=O) groups is 3. The van der Waals surface area contributed by atoms with Gasteiger partial charge in [-0.05, 0) is 23.0 Å². The lowest BCUT2D eigenvalue weighted by molar-refractivity contribution is -0.193. The zero-order valence-electron chi connectivity index (χ0n) is 20.7. The molecule has 0 aromatic carbocycles. The van der Waals surface area contributed by atoms with Crippen LogP contribution < -0.4 is 0 Å². The molecule has 2 aromatic rings. The molecule has 1 aliphatic heterocycles. The maximum Gasteiger partial charge on any atom is 0.490 e. The van der Waals surface area contributed by atoms with E-state index in [1.807, 2.05) is 23.1 Å². The first kappa shape index (κ1) is 30.6. The second-order valence-electron chi connectivity index (χ2n) is 9.69. The lowest BCUT2D eigenvalue weighted by Crippen LogP contribution is -2.42. The van der Waals surface area contributed by atoms with Crippen LogP contribution >= 0.6 is 0 Å². The Labute approximate surface area is 212 Å². The van der Waals surface area contributed by atoms with E-state index >= 15 is 0 Å². The van der Waals surface area contributed by atoms with Crippen LogP contribution in [0.1, 0.15) is 50.8 Å². The third kappa shape index (κ3) is 6.42. The van der Waals surface area contributed by atoms with Crippen LogP contribution in [0.15, 0.2) is 30.7 Å². The largest absolute Gasteiger partial charge is 0.490 e. The number of nitrogens with zero attached hydrogens (tertiary/aromatic N) is 3. The van der Waals surface area contributed by atoms with E-state index in [2.05, 4.69) is 42.6 Å². The molecule has 0 bridgehead atoms. The monoisotopic (exact) mass is 552 g/mol. The number of carbonyl (C=O) groups excluding carboxylic acids is 1. The van der Waals surface area contributed by atoms with E-state index < -0.39 is 24.3 Å². The van der Waals surface area contributed by atoms with Gasteiger partial charge in [-0.2, -0.15) is 26.3 Å². The van der Waals surface area contributed by atoms with Gasteiger partial charge in [0.1, 0.15) is 6.04 Å². The molecule has 2 aliphatic rings. The zero-order valence-corrected chi connectivity index (χ0v) is 20.7. The second-order valence-corrected chi connectivity index (χ2v) is 9.69. The van der Waals surface area contributed by atoms with Crippen LogP contribution in [0, 0.1) is 16.7 Å². The molecule has 0 saturated heterocycles. The lowest BCUT2D eigenvalue weighted by Gasteiger charge is -2.35. The minimum absolute atomic E-state index is 0.0323. The number of aromatic nitrogens is 3. The molecule has 1 saturated carbocycles. The van der Waals surface area contributed by atoms with Gasteiger partial charge in [0.2, 0.25) is 5.91 Å². The van der Waals surface area contributed by atoms with Crippen LogP contribution in [0.5, 0.6) is 0 Å². The summed E-state index contributed by atoms with van der Waals surface area (Å²) in [5.41, 5.74) is 3.00. The van der Waals surface area contributed by atoms with Crippen molar-refractivity contribution in [2.45, 2.75) is 52.5 Å². The number of nitrogens with one attached hydrogen (secondary N) is 1. The number of carboxylic acids is 2. The number of aromatic amines is 1. The molecule has 3 N–H and O–H groups in total. The summed E-state index contributed by atoms with van der Waals surface area (Å²) in [6.45, 7) is 9.47. The van der Waals surface area contributed by atoms with E-state index in [-0.39, 0.29) is 28.7 Å². The highest BCUT2D eigenvalue weighted by molar-refractivity contribution is 5.85. The molecule has 1 amide bonds. The van der Waals surface area contributed by atoms with Gasteiger partial charge in [0.05, 0.1) is 17.7 Å². The van der Waals surface area contributed by atoms with E-state index in [1.54, 1.807) is 12.5 Å². The standard InChI is InChI=1S/C19H24N4O.2C2HF3O2/c1-18(2)16(19(18,3)4)17(24)23-10-8-12-14(22-11-21-12)15(23)13-7-5-6-9-20-13;2*3-2(4,5)1(6)7/h5-7,9,11,15-16H,8,10H2,1-4H3,(H,21,22);2*(H,6,7). The quantitative estimate of drug-likeness (QED) is 0.475. The lowest BCUT2D eigenvalue weighted by atomic mass is 9.97. The molecule has 1 atom stereocenters. The Kier molecular flexibility index (Phi) is 8.54. The molecule has 0 radical (unpaired) electrons. The third-order valence-electron chi connectivity index (χ3n) is 6.93. The summed E-state index contributed by atoms with van der Waals surface area (Å²) in [6, 6.07) is 5.66. The molecule has 15 heteroatoms. The molecule has 1 aliphatic carbocycles. The van der Waals surface area contributed by atoms with Crippen LogP contribution in [0.25, 0.3) is 0 Å². The number of fused-ring (bicyclic) bond motifs is 1. The van der Waals surface area contributed by atoms with E-state index in [9.17, 15) is 31.1 Å². The minimum Gasteiger partial charge on any atom is -0.475 e. The maximum absolute atomic E-state index is 13.4. The van der Waals surface area contributed by atoms with E-state index in [0.29, 0.717) is 6.54 Å². The number of carboxylic acid groups (broad SMARTS) is 2. The number of halogens is 6. The van der Waals surface area contributed by atoms with Crippen molar-refractivity contribution in [3.8, 4) is 0 Å². The fourth-order valence-electron chi connectivity index (χ4n) is 4.33. The molecule has 2 aromatic heterocycles. The Morgan fingerprint density at radius 3 is 1.84 bits per heavy atom. The number of H-pyrrole nitrogens is 1. The number of pyridine rings is 1. The minimum atomic E-state index is -5.08. The predicted molar refractivity (Wildman–Crippen MR) is 119 cm³/mol. The fraction of sp³-hybridized carbons (Fsp3) is 0.522. The first-order valence-electron chi connectivity index (χ1n) is 11.1. The van der Waals surface area contributed by atoms with Gasteiger partial charge in [-0.25, -0.2) is 14.6 Å². The highest BCUT2D eigenvalue weighted by Gasteiger charge is 2.69. The highest BCUT2D eigenvalue weighted by Crippen LogP contribution is 2.69. The Morgan fingerprint density at radius 1 is 0.947 bits per heavy atom. The molecule has 9 nitrogen and oxygen atoms in total.